The number of imidazole rings is 1. The summed E-state index contributed by atoms with van der Waals surface area (Å²) in [4.78, 5) is 4.87. The van der Waals surface area contributed by atoms with Gasteiger partial charge in [0.2, 0.25) is 0 Å². The van der Waals surface area contributed by atoms with E-state index in [-0.39, 0.29) is 6.10 Å². The fraction of sp³-hybridized carbons (Fsp3) is 0.381. The fourth-order valence-electron chi connectivity index (χ4n) is 3.48. The van der Waals surface area contributed by atoms with Crippen LogP contribution in [-0.2, 0) is 11.3 Å². The largest absolute Gasteiger partial charge is 0.370 e. The summed E-state index contributed by atoms with van der Waals surface area (Å²) in [5.74, 6) is 1.64. The molecule has 1 atom stereocenters. The lowest BCUT2D eigenvalue weighted by molar-refractivity contribution is 0.103. The van der Waals surface area contributed by atoms with Crippen molar-refractivity contribution in [1.29, 1.82) is 0 Å². The predicted octanol–water partition coefficient (Wildman–Crippen LogP) is 5.06. The molecule has 2 heterocycles. The highest BCUT2D eigenvalue weighted by molar-refractivity contribution is 5.76. The maximum Gasteiger partial charge on any atom is 0.139 e. The van der Waals surface area contributed by atoms with E-state index in [1.165, 1.54) is 16.6 Å². The molecule has 3 nitrogen and oxygen atoms in total. The molecule has 0 bridgehead atoms. The summed E-state index contributed by atoms with van der Waals surface area (Å²) in [7, 11) is 0. The van der Waals surface area contributed by atoms with E-state index in [1.54, 1.807) is 0 Å². The monoisotopic (exact) mass is 320 g/mol. The van der Waals surface area contributed by atoms with Gasteiger partial charge in [-0.15, -0.1) is 0 Å². The summed E-state index contributed by atoms with van der Waals surface area (Å²) in [6.45, 7) is 6.15. The normalized spacial score (nSPS) is 17.9. The third kappa shape index (κ3) is 2.84. The Morgan fingerprint density at radius 2 is 1.92 bits per heavy atom. The number of rotatable bonds is 4. The van der Waals surface area contributed by atoms with Crippen LogP contribution in [0.3, 0.4) is 0 Å². The van der Waals surface area contributed by atoms with Gasteiger partial charge in [0.1, 0.15) is 11.9 Å². The summed E-state index contributed by atoms with van der Waals surface area (Å²) in [6.07, 6.45) is 2.32. The number of aromatic nitrogens is 2. The van der Waals surface area contributed by atoms with Crippen LogP contribution >= 0.6 is 0 Å². The van der Waals surface area contributed by atoms with Crippen LogP contribution in [0, 0.1) is 0 Å². The third-order valence-corrected chi connectivity index (χ3v) is 4.89. The Morgan fingerprint density at radius 1 is 1.12 bits per heavy atom. The van der Waals surface area contributed by atoms with Crippen LogP contribution in [0.15, 0.2) is 48.5 Å². The summed E-state index contributed by atoms with van der Waals surface area (Å²) in [5, 5.41) is 0. The molecule has 0 radical (unpaired) electrons. The predicted molar refractivity (Wildman–Crippen MR) is 97.3 cm³/mol. The quantitative estimate of drug-likeness (QED) is 0.672. The Balaban J connectivity index is 1.72. The molecule has 0 spiro atoms. The van der Waals surface area contributed by atoms with Crippen molar-refractivity contribution >= 4 is 11.0 Å². The molecule has 3 aromatic rings. The van der Waals surface area contributed by atoms with E-state index >= 15 is 0 Å². The first kappa shape index (κ1) is 15.4. The van der Waals surface area contributed by atoms with E-state index in [4.69, 9.17) is 9.72 Å². The molecule has 1 aliphatic heterocycles. The van der Waals surface area contributed by atoms with Gasteiger partial charge in [-0.25, -0.2) is 4.98 Å². The summed E-state index contributed by atoms with van der Waals surface area (Å²) < 4.78 is 8.24. The van der Waals surface area contributed by atoms with E-state index in [0.717, 1.165) is 37.3 Å². The molecule has 0 saturated carbocycles. The molecule has 3 heteroatoms. The smallest absolute Gasteiger partial charge is 0.139 e. The molecule has 0 N–H and O–H groups in total. The SMILES string of the molecule is CC(C)c1ccc(Cn2c(C3CCCO3)nc3ccccc32)cc1. The third-order valence-electron chi connectivity index (χ3n) is 4.89. The minimum Gasteiger partial charge on any atom is -0.370 e. The molecule has 0 aliphatic carbocycles. The van der Waals surface area contributed by atoms with Crippen molar-refractivity contribution in [3.05, 3.63) is 65.5 Å². The van der Waals surface area contributed by atoms with Gasteiger partial charge in [-0.1, -0.05) is 50.2 Å². The number of hydrogen-bond acceptors (Lipinski definition) is 2. The van der Waals surface area contributed by atoms with Crippen molar-refractivity contribution in [2.75, 3.05) is 6.61 Å². The first-order valence-corrected chi connectivity index (χ1v) is 8.88. The van der Waals surface area contributed by atoms with E-state index in [0.29, 0.717) is 5.92 Å². The van der Waals surface area contributed by atoms with Crippen molar-refractivity contribution in [3.8, 4) is 0 Å². The molecule has 24 heavy (non-hydrogen) atoms. The molecule has 1 aromatic heterocycles. The molecule has 1 saturated heterocycles. The van der Waals surface area contributed by atoms with Crippen molar-refractivity contribution in [3.63, 3.8) is 0 Å². The van der Waals surface area contributed by atoms with Gasteiger partial charge in [0.05, 0.1) is 11.0 Å². The van der Waals surface area contributed by atoms with E-state index in [9.17, 15) is 0 Å². The van der Waals surface area contributed by atoms with Gasteiger partial charge in [0.15, 0.2) is 0 Å². The zero-order chi connectivity index (χ0) is 16.5. The van der Waals surface area contributed by atoms with E-state index in [2.05, 4.69) is 66.9 Å². The fourth-order valence-corrected chi connectivity index (χ4v) is 3.48. The highest BCUT2D eigenvalue weighted by Crippen LogP contribution is 2.31. The zero-order valence-electron chi connectivity index (χ0n) is 14.4. The van der Waals surface area contributed by atoms with Crippen LogP contribution in [0.2, 0.25) is 0 Å². The van der Waals surface area contributed by atoms with Crippen LogP contribution in [0.4, 0.5) is 0 Å². The number of benzene rings is 2. The molecular formula is C21H24N2O. The molecule has 2 aromatic carbocycles. The lowest BCUT2D eigenvalue weighted by Gasteiger charge is -2.14. The van der Waals surface area contributed by atoms with Crippen LogP contribution in [0.25, 0.3) is 11.0 Å². The molecule has 1 aliphatic rings. The Bertz CT molecular complexity index is 827. The van der Waals surface area contributed by atoms with Crippen molar-refractivity contribution in [1.82, 2.24) is 9.55 Å². The van der Waals surface area contributed by atoms with Gasteiger partial charge in [0.25, 0.3) is 0 Å². The van der Waals surface area contributed by atoms with Crippen LogP contribution in [0.1, 0.15) is 55.7 Å². The van der Waals surface area contributed by atoms with Gasteiger partial charge in [-0.3, -0.25) is 0 Å². The number of ether oxygens (including phenoxy) is 1. The summed E-state index contributed by atoms with van der Waals surface area (Å²) in [6, 6.07) is 17.3. The van der Waals surface area contributed by atoms with E-state index < -0.39 is 0 Å². The van der Waals surface area contributed by atoms with Crippen molar-refractivity contribution in [2.45, 2.75) is 45.3 Å². The van der Waals surface area contributed by atoms with E-state index in [1.807, 2.05) is 0 Å². The topological polar surface area (TPSA) is 27.1 Å². The van der Waals surface area contributed by atoms with Gasteiger partial charge in [-0.05, 0) is 42.0 Å². The maximum atomic E-state index is 5.91. The van der Waals surface area contributed by atoms with Crippen LogP contribution in [0.5, 0.6) is 0 Å². The van der Waals surface area contributed by atoms with Gasteiger partial charge in [0, 0.05) is 13.2 Å². The standard InChI is InChI=1S/C21H24N2O/c1-15(2)17-11-9-16(10-12-17)14-23-19-7-4-3-6-18(19)22-21(23)20-8-5-13-24-20/h3-4,6-7,9-12,15,20H,5,8,13-14H2,1-2H3. The Labute approximate surface area is 143 Å². The van der Waals surface area contributed by atoms with Crippen molar-refractivity contribution < 1.29 is 4.74 Å². The Hall–Kier alpha value is -2.13. The molecule has 1 unspecified atom stereocenters. The average Bonchev–Trinajstić information content (AvgIpc) is 3.23. The molecule has 124 valence electrons. The molecule has 1 fully saturated rings. The van der Waals surface area contributed by atoms with Crippen LogP contribution in [-0.4, -0.2) is 16.2 Å². The lowest BCUT2D eigenvalue weighted by Crippen LogP contribution is -2.09. The second kappa shape index (κ2) is 6.40. The molecule has 4 rings (SSSR count). The van der Waals surface area contributed by atoms with Gasteiger partial charge >= 0.3 is 0 Å². The summed E-state index contributed by atoms with van der Waals surface area (Å²) >= 11 is 0. The molecular weight excluding hydrogens is 296 g/mol. The minimum atomic E-state index is 0.132. The average molecular weight is 320 g/mol. The van der Waals surface area contributed by atoms with Crippen molar-refractivity contribution in [2.24, 2.45) is 0 Å². The zero-order valence-corrected chi connectivity index (χ0v) is 14.4. The highest BCUT2D eigenvalue weighted by Gasteiger charge is 2.24. The van der Waals surface area contributed by atoms with Gasteiger partial charge < -0.3 is 9.30 Å². The number of para-hydroxylation sites is 2. The Morgan fingerprint density at radius 3 is 2.62 bits per heavy atom. The maximum absolute atomic E-state index is 5.91. The first-order chi connectivity index (χ1) is 11.7. The Kier molecular flexibility index (Phi) is 4.11. The number of nitrogens with zero attached hydrogens (tertiary/aromatic N) is 2. The minimum absolute atomic E-state index is 0.132. The number of hydrogen-bond donors (Lipinski definition) is 0. The van der Waals surface area contributed by atoms with Gasteiger partial charge in [-0.2, -0.15) is 0 Å². The lowest BCUT2D eigenvalue weighted by atomic mass is 10.0. The number of fused-ring (bicyclic) bond motifs is 1. The van der Waals surface area contributed by atoms with Crippen LogP contribution < -0.4 is 0 Å². The molecule has 0 amide bonds. The summed E-state index contributed by atoms with van der Waals surface area (Å²) in [5.41, 5.74) is 4.94. The second-order valence-electron chi connectivity index (χ2n) is 6.94. The second-order valence-corrected chi connectivity index (χ2v) is 6.94. The highest BCUT2D eigenvalue weighted by atomic mass is 16.5. The first-order valence-electron chi connectivity index (χ1n) is 8.88.